The van der Waals surface area contributed by atoms with Gasteiger partial charge in [-0.15, -0.1) is 10.2 Å². The van der Waals surface area contributed by atoms with Gasteiger partial charge in [0, 0.05) is 19.7 Å². The van der Waals surface area contributed by atoms with Crippen LogP contribution in [-0.2, 0) is 4.74 Å². The lowest BCUT2D eigenvalue weighted by Crippen LogP contribution is -2.43. The molecule has 0 bridgehead atoms. The Kier molecular flexibility index (Phi) is 5.10. The van der Waals surface area contributed by atoms with E-state index in [1.54, 1.807) is 17.0 Å². The minimum atomic E-state index is -0.103. The first kappa shape index (κ1) is 14.2. The van der Waals surface area contributed by atoms with Crippen LogP contribution in [0.3, 0.4) is 0 Å². The van der Waals surface area contributed by atoms with Crippen LogP contribution in [-0.4, -0.2) is 46.8 Å². The highest BCUT2D eigenvalue weighted by Gasteiger charge is 2.25. The second kappa shape index (κ2) is 6.82. The van der Waals surface area contributed by atoms with E-state index < -0.39 is 0 Å². The van der Waals surface area contributed by atoms with Crippen LogP contribution in [0.25, 0.3) is 0 Å². The Hall–Kier alpha value is -1.20. The van der Waals surface area contributed by atoms with Gasteiger partial charge in [0.25, 0.3) is 5.91 Å². The zero-order valence-corrected chi connectivity index (χ0v) is 11.8. The molecule has 1 amide bonds. The van der Waals surface area contributed by atoms with Gasteiger partial charge in [0.05, 0.1) is 6.10 Å². The molecule has 1 aliphatic rings. The molecule has 1 saturated heterocycles. The normalized spacial score (nSPS) is 19.5. The van der Waals surface area contributed by atoms with Gasteiger partial charge in [0.2, 0.25) is 0 Å². The molecule has 0 radical (unpaired) electrons. The van der Waals surface area contributed by atoms with Crippen molar-refractivity contribution < 1.29 is 9.53 Å². The minimum Gasteiger partial charge on any atom is -0.376 e. The SMILES string of the molecule is CCCOC1CCCN(C(=O)c2ccc(Cl)nn2)C1. The molecule has 0 saturated carbocycles. The molecule has 19 heavy (non-hydrogen) atoms. The molecule has 1 atom stereocenters. The summed E-state index contributed by atoms with van der Waals surface area (Å²) in [6.45, 7) is 4.20. The lowest BCUT2D eigenvalue weighted by molar-refractivity contribution is 0.00188. The van der Waals surface area contributed by atoms with Gasteiger partial charge < -0.3 is 9.64 Å². The van der Waals surface area contributed by atoms with Crippen molar-refractivity contribution in [1.82, 2.24) is 15.1 Å². The number of nitrogens with zero attached hydrogens (tertiary/aromatic N) is 3. The second-order valence-corrected chi connectivity index (χ2v) is 5.01. The quantitative estimate of drug-likeness (QED) is 0.850. The third-order valence-electron chi connectivity index (χ3n) is 3.07. The number of ether oxygens (including phenoxy) is 1. The summed E-state index contributed by atoms with van der Waals surface area (Å²) in [6.07, 6.45) is 3.10. The van der Waals surface area contributed by atoms with Crippen molar-refractivity contribution in [2.24, 2.45) is 0 Å². The van der Waals surface area contributed by atoms with Crippen molar-refractivity contribution >= 4 is 17.5 Å². The average molecular weight is 284 g/mol. The molecule has 0 spiro atoms. The predicted octanol–water partition coefficient (Wildman–Crippen LogP) is 2.16. The van der Waals surface area contributed by atoms with Gasteiger partial charge in [-0.05, 0) is 31.4 Å². The highest BCUT2D eigenvalue weighted by atomic mass is 35.5. The maximum absolute atomic E-state index is 12.3. The van der Waals surface area contributed by atoms with Crippen molar-refractivity contribution in [3.8, 4) is 0 Å². The summed E-state index contributed by atoms with van der Waals surface area (Å²) < 4.78 is 5.72. The van der Waals surface area contributed by atoms with E-state index in [2.05, 4.69) is 17.1 Å². The molecule has 0 N–H and O–H groups in total. The maximum atomic E-state index is 12.3. The van der Waals surface area contributed by atoms with Crippen molar-refractivity contribution in [1.29, 1.82) is 0 Å². The smallest absolute Gasteiger partial charge is 0.274 e. The molecule has 0 aromatic carbocycles. The lowest BCUT2D eigenvalue weighted by atomic mass is 10.1. The van der Waals surface area contributed by atoms with E-state index >= 15 is 0 Å². The number of amides is 1. The van der Waals surface area contributed by atoms with E-state index in [1.165, 1.54) is 0 Å². The largest absolute Gasteiger partial charge is 0.376 e. The second-order valence-electron chi connectivity index (χ2n) is 4.63. The zero-order chi connectivity index (χ0) is 13.7. The monoisotopic (exact) mass is 283 g/mol. The van der Waals surface area contributed by atoms with Crippen LogP contribution in [0.4, 0.5) is 0 Å². The van der Waals surface area contributed by atoms with Crippen molar-refractivity contribution in [3.05, 3.63) is 23.0 Å². The number of carbonyl (C=O) groups is 1. The van der Waals surface area contributed by atoms with E-state index in [1.807, 2.05) is 0 Å². The van der Waals surface area contributed by atoms with Crippen molar-refractivity contribution in [2.45, 2.75) is 32.3 Å². The predicted molar refractivity (Wildman–Crippen MR) is 72.2 cm³/mol. The summed E-state index contributed by atoms with van der Waals surface area (Å²) in [5.41, 5.74) is 0.334. The van der Waals surface area contributed by atoms with Crippen LogP contribution in [0.15, 0.2) is 12.1 Å². The molecule has 1 aromatic heterocycles. The van der Waals surface area contributed by atoms with Crippen LogP contribution in [0.2, 0.25) is 5.15 Å². The number of carbonyl (C=O) groups excluding carboxylic acids is 1. The fraction of sp³-hybridized carbons (Fsp3) is 0.615. The van der Waals surface area contributed by atoms with Crippen LogP contribution in [0.1, 0.15) is 36.7 Å². The highest BCUT2D eigenvalue weighted by Crippen LogP contribution is 2.16. The van der Waals surface area contributed by atoms with Crippen molar-refractivity contribution in [3.63, 3.8) is 0 Å². The summed E-state index contributed by atoms with van der Waals surface area (Å²) in [6, 6.07) is 3.19. The number of hydrogen-bond acceptors (Lipinski definition) is 4. The summed E-state index contributed by atoms with van der Waals surface area (Å²) in [7, 11) is 0. The number of halogens is 1. The van der Waals surface area contributed by atoms with Crippen LogP contribution >= 0.6 is 11.6 Å². The molecule has 1 aromatic rings. The molecule has 1 unspecified atom stereocenters. The number of hydrogen-bond donors (Lipinski definition) is 0. The van der Waals surface area contributed by atoms with Gasteiger partial charge in [-0.3, -0.25) is 4.79 Å². The Morgan fingerprint density at radius 2 is 2.37 bits per heavy atom. The molecule has 1 aliphatic heterocycles. The van der Waals surface area contributed by atoms with Gasteiger partial charge in [0.1, 0.15) is 0 Å². The molecule has 2 heterocycles. The standard InChI is InChI=1S/C13H18ClN3O2/c1-2-8-19-10-4-3-7-17(9-10)13(18)11-5-6-12(14)16-15-11/h5-6,10H,2-4,7-9H2,1H3. The zero-order valence-electron chi connectivity index (χ0n) is 11.0. The Labute approximate surface area is 117 Å². The topological polar surface area (TPSA) is 55.3 Å². The molecule has 104 valence electrons. The summed E-state index contributed by atoms with van der Waals surface area (Å²) >= 11 is 5.66. The molecule has 5 nitrogen and oxygen atoms in total. The third kappa shape index (κ3) is 3.88. The summed E-state index contributed by atoms with van der Waals surface area (Å²) in [5, 5.41) is 7.82. The summed E-state index contributed by atoms with van der Waals surface area (Å²) in [4.78, 5) is 14.0. The number of piperidine rings is 1. The van der Waals surface area contributed by atoms with Gasteiger partial charge >= 0.3 is 0 Å². The Morgan fingerprint density at radius 1 is 1.53 bits per heavy atom. The van der Waals surface area contributed by atoms with E-state index in [-0.39, 0.29) is 12.0 Å². The number of rotatable bonds is 4. The van der Waals surface area contributed by atoms with Crippen LogP contribution < -0.4 is 0 Å². The average Bonchev–Trinajstić information content (AvgIpc) is 2.45. The van der Waals surface area contributed by atoms with Crippen LogP contribution in [0.5, 0.6) is 0 Å². The van der Waals surface area contributed by atoms with E-state index in [9.17, 15) is 4.79 Å². The number of aromatic nitrogens is 2. The fourth-order valence-corrected chi connectivity index (χ4v) is 2.24. The maximum Gasteiger partial charge on any atom is 0.274 e. The van der Waals surface area contributed by atoms with E-state index in [4.69, 9.17) is 16.3 Å². The Balaban J connectivity index is 1.96. The Morgan fingerprint density at radius 3 is 3.05 bits per heavy atom. The summed E-state index contributed by atoms with van der Waals surface area (Å²) in [5.74, 6) is -0.103. The van der Waals surface area contributed by atoms with E-state index in [0.717, 1.165) is 32.4 Å². The van der Waals surface area contributed by atoms with E-state index in [0.29, 0.717) is 17.4 Å². The number of likely N-dealkylation sites (tertiary alicyclic amines) is 1. The minimum absolute atomic E-state index is 0.103. The first-order valence-corrected chi connectivity index (χ1v) is 6.98. The highest BCUT2D eigenvalue weighted by molar-refractivity contribution is 6.29. The van der Waals surface area contributed by atoms with Gasteiger partial charge in [-0.2, -0.15) is 0 Å². The lowest BCUT2D eigenvalue weighted by Gasteiger charge is -2.32. The van der Waals surface area contributed by atoms with Gasteiger partial charge in [0.15, 0.2) is 10.8 Å². The fourth-order valence-electron chi connectivity index (χ4n) is 2.14. The molecule has 2 rings (SSSR count). The van der Waals surface area contributed by atoms with Crippen LogP contribution in [0, 0.1) is 0 Å². The molecule has 0 aliphatic carbocycles. The van der Waals surface area contributed by atoms with Gasteiger partial charge in [-0.25, -0.2) is 0 Å². The van der Waals surface area contributed by atoms with Gasteiger partial charge in [-0.1, -0.05) is 18.5 Å². The third-order valence-corrected chi connectivity index (χ3v) is 3.28. The Bertz CT molecular complexity index is 424. The molecular weight excluding hydrogens is 266 g/mol. The molecular formula is C13H18ClN3O2. The first-order valence-electron chi connectivity index (χ1n) is 6.61. The first-order chi connectivity index (χ1) is 9.20. The molecule has 6 heteroatoms. The van der Waals surface area contributed by atoms with Crippen molar-refractivity contribution in [2.75, 3.05) is 19.7 Å². The molecule has 1 fully saturated rings.